The Kier molecular flexibility index (Phi) is 8.38. The first-order chi connectivity index (χ1) is 16.5. The summed E-state index contributed by atoms with van der Waals surface area (Å²) < 4.78 is 6.20. The molecule has 0 radical (unpaired) electrons. The first-order valence-electron chi connectivity index (χ1n) is 12.0. The smallest absolute Gasteiger partial charge is 0.237 e. The number of aliphatic hydroxyl groups is 1. The number of hydrogen-bond acceptors (Lipinski definition) is 5. The van der Waals surface area contributed by atoms with Gasteiger partial charge in [-0.3, -0.25) is 9.69 Å². The van der Waals surface area contributed by atoms with Crippen molar-refractivity contribution >= 4 is 17.2 Å². The maximum absolute atomic E-state index is 13.5. The van der Waals surface area contributed by atoms with E-state index in [1.54, 1.807) is 11.3 Å². The number of amides is 1. The molecule has 0 spiro atoms. The highest BCUT2D eigenvalue weighted by Crippen LogP contribution is 2.34. The van der Waals surface area contributed by atoms with Crippen LogP contribution in [0, 0.1) is 6.92 Å². The van der Waals surface area contributed by atoms with Crippen molar-refractivity contribution in [2.75, 3.05) is 32.8 Å². The third kappa shape index (κ3) is 6.06. The van der Waals surface area contributed by atoms with E-state index in [4.69, 9.17) is 4.74 Å². The average Bonchev–Trinajstić information content (AvgIpc) is 3.32. The Morgan fingerprint density at radius 2 is 1.94 bits per heavy atom. The highest BCUT2D eigenvalue weighted by Gasteiger charge is 2.33. The molecule has 1 aliphatic heterocycles. The molecular formula is C28H34N2O3S. The van der Waals surface area contributed by atoms with Gasteiger partial charge in [-0.15, -0.1) is 11.3 Å². The van der Waals surface area contributed by atoms with Crippen molar-refractivity contribution in [1.82, 2.24) is 9.80 Å². The maximum atomic E-state index is 13.5. The minimum atomic E-state index is -0.514. The quantitative estimate of drug-likeness (QED) is 0.467. The second-order valence-corrected chi connectivity index (χ2v) is 9.90. The number of carbonyl (C=O) groups is 1. The summed E-state index contributed by atoms with van der Waals surface area (Å²) >= 11 is 1.76. The number of aliphatic hydroxyl groups excluding tert-OH is 1. The fourth-order valence-electron chi connectivity index (χ4n) is 4.60. The second kappa shape index (κ2) is 11.6. The SMILES string of the molecule is CCN(CC(=O)N1CCc2sccc2C1COc1ccccc1C)CC(O)Cc1ccccc1. The molecule has 3 aromatic rings. The van der Waals surface area contributed by atoms with Crippen LogP contribution in [0.25, 0.3) is 0 Å². The van der Waals surface area contributed by atoms with Crippen LogP contribution in [0.15, 0.2) is 66.0 Å². The molecule has 2 atom stereocenters. The van der Waals surface area contributed by atoms with Crippen LogP contribution >= 0.6 is 11.3 Å². The lowest BCUT2D eigenvalue weighted by Gasteiger charge is -2.37. The third-order valence-corrected chi connectivity index (χ3v) is 7.49. The van der Waals surface area contributed by atoms with Crippen LogP contribution in [0.3, 0.4) is 0 Å². The van der Waals surface area contributed by atoms with E-state index in [-0.39, 0.29) is 11.9 Å². The van der Waals surface area contributed by atoms with Crippen LogP contribution in [0.2, 0.25) is 0 Å². The Morgan fingerprint density at radius 1 is 1.18 bits per heavy atom. The van der Waals surface area contributed by atoms with Gasteiger partial charge in [-0.05, 0) is 60.5 Å². The fraction of sp³-hybridized carbons (Fsp3) is 0.393. The Bertz CT molecular complexity index is 1070. The summed E-state index contributed by atoms with van der Waals surface area (Å²) in [6.45, 7) is 6.67. The highest BCUT2D eigenvalue weighted by atomic mass is 32.1. The van der Waals surface area contributed by atoms with Crippen molar-refractivity contribution < 1.29 is 14.6 Å². The van der Waals surface area contributed by atoms with Crippen LogP contribution in [0.4, 0.5) is 0 Å². The van der Waals surface area contributed by atoms with Crippen molar-refractivity contribution in [3.8, 4) is 5.75 Å². The second-order valence-electron chi connectivity index (χ2n) is 8.90. The standard InChI is InChI=1S/C28H34N2O3S/c1-3-29(18-23(31)17-22-10-5-4-6-11-22)19-28(32)30-15-13-27-24(14-16-34-27)25(30)20-33-26-12-8-7-9-21(26)2/h4-12,14,16,23,25,31H,3,13,15,17-20H2,1-2H3. The predicted molar refractivity (Wildman–Crippen MR) is 137 cm³/mol. The number of hydrogen-bond donors (Lipinski definition) is 1. The number of rotatable bonds is 10. The molecule has 2 heterocycles. The third-order valence-electron chi connectivity index (χ3n) is 6.49. The van der Waals surface area contributed by atoms with E-state index in [0.29, 0.717) is 39.2 Å². The lowest BCUT2D eigenvalue weighted by atomic mass is 10.00. The zero-order chi connectivity index (χ0) is 23.9. The number of fused-ring (bicyclic) bond motifs is 1. The first kappa shape index (κ1) is 24.5. The van der Waals surface area contributed by atoms with Crippen LogP contribution < -0.4 is 4.74 Å². The molecule has 2 aromatic carbocycles. The number of benzene rings is 2. The molecule has 5 nitrogen and oxygen atoms in total. The molecule has 1 aliphatic rings. The van der Waals surface area contributed by atoms with E-state index in [1.165, 1.54) is 10.4 Å². The number of aryl methyl sites for hydroxylation is 1. The number of nitrogens with zero attached hydrogens (tertiary/aromatic N) is 2. The minimum absolute atomic E-state index is 0.0870. The molecule has 0 saturated carbocycles. The van der Waals surface area contributed by atoms with Gasteiger partial charge < -0.3 is 14.7 Å². The summed E-state index contributed by atoms with van der Waals surface area (Å²) in [6, 6.07) is 20.0. The molecule has 2 unspecified atom stereocenters. The summed E-state index contributed by atoms with van der Waals surface area (Å²) in [5.74, 6) is 0.945. The van der Waals surface area contributed by atoms with Crippen molar-refractivity contribution in [3.63, 3.8) is 0 Å². The minimum Gasteiger partial charge on any atom is -0.491 e. The molecule has 6 heteroatoms. The van der Waals surface area contributed by atoms with Gasteiger partial charge in [-0.25, -0.2) is 0 Å². The number of likely N-dealkylation sites (N-methyl/N-ethyl adjacent to an activating group) is 1. The van der Waals surface area contributed by atoms with E-state index in [9.17, 15) is 9.90 Å². The van der Waals surface area contributed by atoms with Crippen molar-refractivity contribution in [2.24, 2.45) is 0 Å². The molecule has 0 fully saturated rings. The number of carbonyl (C=O) groups excluding carboxylic acids is 1. The van der Waals surface area contributed by atoms with E-state index in [1.807, 2.05) is 78.2 Å². The Hall–Kier alpha value is -2.67. The topological polar surface area (TPSA) is 53.0 Å². The van der Waals surface area contributed by atoms with E-state index in [0.717, 1.165) is 23.3 Å². The molecule has 180 valence electrons. The van der Waals surface area contributed by atoms with Crippen molar-refractivity contribution in [3.05, 3.63) is 87.6 Å². The molecule has 1 N–H and O–H groups in total. The Morgan fingerprint density at radius 3 is 2.71 bits per heavy atom. The van der Waals surface area contributed by atoms with E-state index >= 15 is 0 Å². The van der Waals surface area contributed by atoms with Gasteiger partial charge in [0, 0.05) is 18.0 Å². The molecule has 34 heavy (non-hydrogen) atoms. The van der Waals surface area contributed by atoms with Gasteiger partial charge in [0.15, 0.2) is 0 Å². The van der Waals surface area contributed by atoms with Crippen molar-refractivity contribution in [2.45, 2.75) is 38.8 Å². The fourth-order valence-corrected chi connectivity index (χ4v) is 5.53. The normalized spacial score (nSPS) is 16.4. The van der Waals surface area contributed by atoms with E-state index < -0.39 is 6.10 Å². The lowest BCUT2D eigenvalue weighted by Crippen LogP contribution is -2.47. The molecule has 0 aliphatic carbocycles. The van der Waals surface area contributed by atoms with Crippen LogP contribution in [-0.2, 0) is 17.6 Å². The van der Waals surface area contributed by atoms with Crippen LogP contribution in [0.1, 0.15) is 34.5 Å². The van der Waals surface area contributed by atoms with Crippen LogP contribution in [-0.4, -0.2) is 59.7 Å². The van der Waals surface area contributed by atoms with Gasteiger partial charge in [0.05, 0.1) is 18.7 Å². The maximum Gasteiger partial charge on any atom is 0.237 e. The average molecular weight is 479 g/mol. The van der Waals surface area contributed by atoms with Gasteiger partial charge in [-0.2, -0.15) is 0 Å². The molecule has 1 amide bonds. The Balaban J connectivity index is 1.41. The van der Waals surface area contributed by atoms with Gasteiger partial charge >= 0.3 is 0 Å². The predicted octanol–water partition coefficient (Wildman–Crippen LogP) is 4.49. The molecule has 0 saturated heterocycles. The van der Waals surface area contributed by atoms with Crippen molar-refractivity contribution in [1.29, 1.82) is 0 Å². The lowest BCUT2D eigenvalue weighted by molar-refractivity contribution is -0.136. The summed E-state index contributed by atoms with van der Waals surface area (Å²) in [6.07, 6.45) is 0.947. The zero-order valence-corrected chi connectivity index (χ0v) is 20.8. The van der Waals surface area contributed by atoms with Gasteiger partial charge in [0.2, 0.25) is 5.91 Å². The van der Waals surface area contributed by atoms with Gasteiger partial charge in [0.25, 0.3) is 0 Å². The van der Waals surface area contributed by atoms with E-state index in [2.05, 4.69) is 11.4 Å². The van der Waals surface area contributed by atoms with Crippen LogP contribution in [0.5, 0.6) is 5.75 Å². The molecular weight excluding hydrogens is 444 g/mol. The summed E-state index contributed by atoms with van der Waals surface area (Å²) in [4.78, 5) is 18.8. The van der Waals surface area contributed by atoms with Gasteiger partial charge in [-0.1, -0.05) is 55.5 Å². The monoisotopic (exact) mass is 478 g/mol. The molecule has 4 rings (SSSR count). The number of ether oxygens (including phenoxy) is 1. The first-order valence-corrected chi connectivity index (χ1v) is 12.9. The van der Waals surface area contributed by atoms with Gasteiger partial charge in [0.1, 0.15) is 12.4 Å². The molecule has 1 aromatic heterocycles. The number of thiophene rings is 1. The summed E-state index contributed by atoms with van der Waals surface area (Å²) in [5.41, 5.74) is 3.39. The summed E-state index contributed by atoms with van der Waals surface area (Å²) in [5, 5.41) is 12.7. The number of para-hydroxylation sites is 1. The Labute approximate surface area is 206 Å². The summed E-state index contributed by atoms with van der Waals surface area (Å²) in [7, 11) is 0. The molecule has 0 bridgehead atoms. The largest absolute Gasteiger partial charge is 0.491 e. The zero-order valence-electron chi connectivity index (χ0n) is 20.0. The highest BCUT2D eigenvalue weighted by molar-refractivity contribution is 7.10.